The van der Waals surface area contributed by atoms with Crippen molar-refractivity contribution in [2.75, 3.05) is 64.6 Å². The number of hydrogen-bond acceptors (Lipinski definition) is 13. The number of sulfonamides is 1. The first-order chi connectivity index (χ1) is 25.2. The predicted molar refractivity (Wildman–Crippen MR) is 193 cm³/mol. The number of hydrogen-bond donors (Lipinski definition) is 4. The average molecular weight is 754 g/mol. The summed E-state index contributed by atoms with van der Waals surface area (Å²) in [6, 6.07) is 14.9. The molecule has 19 heteroatoms. The molecule has 4 N–H and O–H groups in total. The number of piperazine rings is 1. The first-order valence-electron chi connectivity index (χ1n) is 16.7. The molecule has 0 spiro atoms. The minimum atomic E-state index is -4.76. The van der Waals surface area contributed by atoms with Crippen LogP contribution >= 0.6 is 0 Å². The van der Waals surface area contributed by atoms with E-state index in [2.05, 4.69) is 51.0 Å². The van der Waals surface area contributed by atoms with Gasteiger partial charge in [-0.25, -0.2) is 18.4 Å². The highest BCUT2D eigenvalue weighted by Gasteiger charge is 2.35. The number of piperidine rings is 1. The molecule has 1 unspecified atom stereocenters. The SMILES string of the molecule is CN(c1nccnc1CNc1nc(Nc2ccc(N3CCN(Cc4ccc(NC5CCC(=O)NC5=O)cc4)CC3)cc2)ncc1C(F)(F)F)S(C)(=O)=O. The maximum atomic E-state index is 13.9. The van der Waals surface area contributed by atoms with E-state index in [1.165, 1.54) is 19.4 Å². The van der Waals surface area contributed by atoms with Crippen LogP contribution in [0.5, 0.6) is 0 Å². The summed E-state index contributed by atoms with van der Waals surface area (Å²) in [5.41, 5.74) is 2.53. The second-order valence-electron chi connectivity index (χ2n) is 12.6. The number of halogens is 3. The van der Waals surface area contributed by atoms with E-state index in [1.54, 1.807) is 12.1 Å². The quantitative estimate of drug-likeness (QED) is 0.155. The number of imide groups is 1. The molecule has 2 fully saturated rings. The van der Waals surface area contributed by atoms with Gasteiger partial charge in [-0.2, -0.15) is 18.2 Å². The summed E-state index contributed by atoms with van der Waals surface area (Å²) in [6.45, 7) is 3.76. The van der Waals surface area contributed by atoms with E-state index >= 15 is 0 Å². The van der Waals surface area contributed by atoms with Crippen LogP contribution in [0.3, 0.4) is 0 Å². The summed E-state index contributed by atoms with van der Waals surface area (Å²) in [5, 5.41) is 11.1. The molecular formula is C34H38F3N11O4S. The van der Waals surface area contributed by atoms with Gasteiger partial charge in [0.25, 0.3) is 0 Å². The van der Waals surface area contributed by atoms with Gasteiger partial charge in [0, 0.05) is 81.8 Å². The highest BCUT2D eigenvalue weighted by Crippen LogP contribution is 2.35. The fraction of sp³-hybridized carbons (Fsp3) is 0.353. The van der Waals surface area contributed by atoms with Crippen molar-refractivity contribution >= 4 is 56.5 Å². The summed E-state index contributed by atoms with van der Waals surface area (Å²) >= 11 is 0. The zero-order chi connectivity index (χ0) is 37.8. The van der Waals surface area contributed by atoms with Crippen molar-refractivity contribution in [2.45, 2.75) is 38.1 Å². The summed E-state index contributed by atoms with van der Waals surface area (Å²) in [4.78, 5) is 44.2. The number of rotatable bonds is 12. The van der Waals surface area contributed by atoms with Gasteiger partial charge in [0.1, 0.15) is 23.1 Å². The van der Waals surface area contributed by atoms with Crippen molar-refractivity contribution in [2.24, 2.45) is 0 Å². The Bertz CT molecular complexity index is 2040. The van der Waals surface area contributed by atoms with Crippen LogP contribution in [-0.2, 0) is 38.9 Å². The first-order valence-corrected chi connectivity index (χ1v) is 18.5. The van der Waals surface area contributed by atoms with Crippen molar-refractivity contribution in [3.63, 3.8) is 0 Å². The van der Waals surface area contributed by atoms with Crippen molar-refractivity contribution in [1.29, 1.82) is 0 Å². The number of carbonyl (C=O) groups excluding carboxylic acids is 2. The van der Waals surface area contributed by atoms with Gasteiger partial charge >= 0.3 is 6.18 Å². The lowest BCUT2D eigenvalue weighted by atomic mass is 10.1. The van der Waals surface area contributed by atoms with E-state index in [0.717, 1.165) is 60.2 Å². The molecule has 2 amide bonds. The summed E-state index contributed by atoms with van der Waals surface area (Å²) < 4.78 is 66.6. The van der Waals surface area contributed by atoms with Gasteiger partial charge < -0.3 is 20.9 Å². The zero-order valence-electron chi connectivity index (χ0n) is 28.9. The van der Waals surface area contributed by atoms with E-state index in [4.69, 9.17) is 0 Å². The number of nitrogens with zero attached hydrogens (tertiary/aromatic N) is 7. The summed E-state index contributed by atoms with van der Waals surface area (Å²) in [5.74, 6) is -1.17. The third kappa shape index (κ3) is 9.46. The van der Waals surface area contributed by atoms with Gasteiger partial charge in [-0.1, -0.05) is 12.1 Å². The molecule has 0 aliphatic carbocycles. The third-order valence-electron chi connectivity index (χ3n) is 8.87. The maximum absolute atomic E-state index is 13.9. The van der Waals surface area contributed by atoms with E-state index in [0.29, 0.717) is 24.7 Å². The Kier molecular flexibility index (Phi) is 10.9. The van der Waals surface area contributed by atoms with Crippen molar-refractivity contribution < 1.29 is 31.2 Å². The lowest BCUT2D eigenvalue weighted by Gasteiger charge is -2.36. The Morgan fingerprint density at radius 3 is 2.28 bits per heavy atom. The molecule has 2 aliphatic heterocycles. The Morgan fingerprint density at radius 1 is 0.943 bits per heavy atom. The fourth-order valence-electron chi connectivity index (χ4n) is 5.90. The highest BCUT2D eigenvalue weighted by atomic mass is 32.2. The van der Waals surface area contributed by atoms with E-state index < -0.39 is 33.6 Å². The van der Waals surface area contributed by atoms with Gasteiger partial charge in [-0.3, -0.25) is 29.1 Å². The lowest BCUT2D eigenvalue weighted by Crippen LogP contribution is -2.47. The number of benzene rings is 2. The van der Waals surface area contributed by atoms with Crippen LogP contribution in [0, 0.1) is 0 Å². The molecule has 280 valence electrons. The number of alkyl halides is 3. The standard InChI is InChI=1S/C34H38F3N11O4S/c1-46(53(2,51)52)31-28(38-13-14-39-31)20-40-30-26(34(35,36)37)19-41-33(45-30)43-24-7-9-25(10-8-24)48-17-15-47(16-18-48)21-22-3-5-23(6-4-22)42-27-11-12-29(49)44-32(27)50/h3-10,13-14,19,27,42H,11-12,15-18,20-21H2,1-2H3,(H,44,49,50)(H2,40,41,43,45). The molecule has 2 aromatic carbocycles. The molecule has 2 aliphatic rings. The monoisotopic (exact) mass is 753 g/mol. The Hall–Kier alpha value is -5.56. The molecular weight excluding hydrogens is 716 g/mol. The topological polar surface area (TPSA) is 178 Å². The van der Waals surface area contributed by atoms with Crippen LogP contribution < -0.4 is 30.5 Å². The normalized spacial score (nSPS) is 16.9. The predicted octanol–water partition coefficient (Wildman–Crippen LogP) is 3.58. The molecule has 0 bridgehead atoms. The Balaban J connectivity index is 1.03. The van der Waals surface area contributed by atoms with E-state index in [9.17, 15) is 31.2 Å². The van der Waals surface area contributed by atoms with Crippen LogP contribution in [-0.4, -0.2) is 90.6 Å². The summed E-state index contributed by atoms with van der Waals surface area (Å²) in [6.07, 6.45) is 0.276. The molecule has 1 atom stereocenters. The highest BCUT2D eigenvalue weighted by molar-refractivity contribution is 7.92. The molecule has 2 saturated heterocycles. The van der Waals surface area contributed by atoms with Crippen molar-refractivity contribution in [3.8, 4) is 0 Å². The third-order valence-corrected chi connectivity index (χ3v) is 10.0. The Labute approximate surface area is 304 Å². The molecule has 0 saturated carbocycles. The number of anilines is 6. The number of carbonyl (C=O) groups is 2. The van der Waals surface area contributed by atoms with Gasteiger partial charge in [0.05, 0.1) is 12.8 Å². The molecule has 2 aromatic heterocycles. The summed E-state index contributed by atoms with van der Waals surface area (Å²) in [7, 11) is -2.43. The molecule has 6 rings (SSSR count). The van der Waals surface area contributed by atoms with E-state index in [1.807, 2.05) is 36.4 Å². The minimum absolute atomic E-state index is 0.0298. The fourth-order valence-corrected chi connectivity index (χ4v) is 6.37. The van der Waals surface area contributed by atoms with Gasteiger partial charge in [-0.05, 0) is 48.4 Å². The van der Waals surface area contributed by atoms with Crippen LogP contribution in [0.15, 0.2) is 67.1 Å². The number of nitrogens with one attached hydrogen (secondary N) is 4. The maximum Gasteiger partial charge on any atom is 0.421 e. The van der Waals surface area contributed by atoms with Gasteiger partial charge in [0.2, 0.25) is 27.8 Å². The molecule has 4 aromatic rings. The smallest absolute Gasteiger partial charge is 0.374 e. The number of aromatic nitrogens is 4. The van der Waals surface area contributed by atoms with Crippen molar-refractivity contribution in [3.05, 3.63) is 83.9 Å². The van der Waals surface area contributed by atoms with Crippen LogP contribution in [0.25, 0.3) is 0 Å². The second kappa shape index (κ2) is 15.6. The van der Waals surface area contributed by atoms with Gasteiger partial charge in [0.15, 0.2) is 5.82 Å². The largest absolute Gasteiger partial charge is 0.421 e. The van der Waals surface area contributed by atoms with E-state index in [-0.39, 0.29) is 35.8 Å². The Morgan fingerprint density at radius 2 is 1.62 bits per heavy atom. The first kappa shape index (κ1) is 37.2. The van der Waals surface area contributed by atoms with Gasteiger partial charge in [-0.15, -0.1) is 0 Å². The minimum Gasteiger partial charge on any atom is -0.374 e. The number of amides is 2. The molecule has 15 nitrogen and oxygen atoms in total. The average Bonchev–Trinajstić information content (AvgIpc) is 3.12. The molecule has 4 heterocycles. The molecule has 0 radical (unpaired) electrons. The lowest BCUT2D eigenvalue weighted by molar-refractivity contribution is -0.137. The van der Waals surface area contributed by atoms with Crippen LogP contribution in [0.1, 0.15) is 29.7 Å². The second-order valence-corrected chi connectivity index (χ2v) is 14.7. The van der Waals surface area contributed by atoms with Crippen LogP contribution in [0.4, 0.5) is 47.8 Å². The van der Waals surface area contributed by atoms with Crippen molar-refractivity contribution in [1.82, 2.24) is 30.2 Å². The zero-order valence-corrected chi connectivity index (χ0v) is 29.7. The van der Waals surface area contributed by atoms with Crippen LogP contribution in [0.2, 0.25) is 0 Å². The molecule has 53 heavy (non-hydrogen) atoms.